The Morgan fingerprint density at radius 1 is 1.12 bits per heavy atom. The maximum absolute atomic E-state index is 13.5. The number of anilines is 1. The molecule has 1 amide bonds. The largest absolute Gasteiger partial charge is 0.493 e. The van der Waals surface area contributed by atoms with Crippen molar-refractivity contribution in [3.63, 3.8) is 0 Å². The number of hydrazone groups is 1. The van der Waals surface area contributed by atoms with Crippen molar-refractivity contribution in [2.24, 2.45) is 5.10 Å². The van der Waals surface area contributed by atoms with Gasteiger partial charge in [0.05, 0.1) is 30.4 Å². The highest BCUT2D eigenvalue weighted by molar-refractivity contribution is 6.02. The first kappa shape index (κ1) is 22.8. The summed E-state index contributed by atoms with van der Waals surface area (Å²) in [6.07, 6.45) is 1.54. The molecule has 34 heavy (non-hydrogen) atoms. The summed E-state index contributed by atoms with van der Waals surface area (Å²) in [6.45, 7) is 4.14. The number of hydrogen-bond acceptors (Lipinski definition) is 7. The highest BCUT2D eigenvalue weighted by Gasteiger charge is 2.43. The van der Waals surface area contributed by atoms with Gasteiger partial charge in [-0.1, -0.05) is 24.3 Å². The molecule has 1 atom stereocenters. The van der Waals surface area contributed by atoms with E-state index in [2.05, 4.69) is 10.4 Å². The number of ether oxygens (including phenoxy) is 2. The molecule has 0 radical (unpaired) electrons. The van der Waals surface area contributed by atoms with E-state index in [1.807, 2.05) is 13.0 Å². The van der Waals surface area contributed by atoms with Crippen molar-refractivity contribution in [1.29, 1.82) is 0 Å². The van der Waals surface area contributed by atoms with Gasteiger partial charge in [0, 0.05) is 23.4 Å². The van der Waals surface area contributed by atoms with Crippen molar-refractivity contribution in [2.45, 2.75) is 19.5 Å². The number of nitrogens with zero attached hydrogens (tertiary/aromatic N) is 3. The number of para-hydroxylation sites is 1. The van der Waals surface area contributed by atoms with Gasteiger partial charge < -0.3 is 14.8 Å². The molecule has 0 spiro atoms. The van der Waals surface area contributed by atoms with Crippen LogP contribution < -0.4 is 14.8 Å². The monoisotopic (exact) mass is 460 g/mol. The van der Waals surface area contributed by atoms with Gasteiger partial charge in [0.15, 0.2) is 17.2 Å². The molecule has 0 unspecified atom stereocenters. The van der Waals surface area contributed by atoms with Crippen LogP contribution in [0.3, 0.4) is 0 Å². The Bertz CT molecular complexity index is 1280. The van der Waals surface area contributed by atoms with Crippen molar-refractivity contribution in [2.75, 3.05) is 19.0 Å². The molecule has 9 heteroatoms. The second kappa shape index (κ2) is 9.22. The van der Waals surface area contributed by atoms with Gasteiger partial charge in [0.25, 0.3) is 11.6 Å². The number of methoxy groups -OCH3 is 1. The average Bonchev–Trinajstić information content (AvgIpc) is 2.84. The summed E-state index contributed by atoms with van der Waals surface area (Å²) < 4.78 is 11.0. The fraction of sp³-hybridized carbons (Fsp3) is 0.200. The smallest absolute Gasteiger partial charge is 0.278 e. The predicted octanol–water partition coefficient (Wildman–Crippen LogP) is 4.78. The Morgan fingerprint density at radius 2 is 1.91 bits per heavy atom. The summed E-state index contributed by atoms with van der Waals surface area (Å²) in [5, 5.41) is 20.5. The molecule has 1 aliphatic rings. The van der Waals surface area contributed by atoms with E-state index < -0.39 is 10.6 Å². The molecule has 3 aromatic carbocycles. The molecule has 0 bridgehead atoms. The zero-order valence-corrected chi connectivity index (χ0v) is 19.0. The number of amides is 1. The van der Waals surface area contributed by atoms with Crippen LogP contribution >= 0.6 is 0 Å². The van der Waals surface area contributed by atoms with Crippen molar-refractivity contribution in [3.05, 3.63) is 93.5 Å². The van der Waals surface area contributed by atoms with Crippen LogP contribution in [0.15, 0.2) is 71.8 Å². The minimum atomic E-state index is -1.18. The van der Waals surface area contributed by atoms with Gasteiger partial charge in [-0.05, 0) is 49.7 Å². The van der Waals surface area contributed by atoms with E-state index in [0.29, 0.717) is 40.5 Å². The zero-order valence-electron chi connectivity index (χ0n) is 19.0. The van der Waals surface area contributed by atoms with E-state index in [0.717, 1.165) is 0 Å². The summed E-state index contributed by atoms with van der Waals surface area (Å²) >= 11 is 0. The maximum atomic E-state index is 13.5. The van der Waals surface area contributed by atoms with E-state index in [1.165, 1.54) is 17.1 Å². The van der Waals surface area contributed by atoms with Crippen LogP contribution in [-0.2, 0) is 5.66 Å². The zero-order chi connectivity index (χ0) is 24.3. The number of carbonyl (C=O) groups excluding carboxylic acids is 1. The minimum Gasteiger partial charge on any atom is -0.493 e. The van der Waals surface area contributed by atoms with Gasteiger partial charge in [-0.3, -0.25) is 14.9 Å². The van der Waals surface area contributed by atoms with Crippen LogP contribution in [0, 0.1) is 10.1 Å². The Labute approximate surface area is 196 Å². The first-order chi connectivity index (χ1) is 16.4. The van der Waals surface area contributed by atoms with Crippen molar-refractivity contribution in [1.82, 2.24) is 5.01 Å². The molecule has 4 rings (SSSR count). The van der Waals surface area contributed by atoms with E-state index in [-0.39, 0.29) is 11.6 Å². The number of nitrogens with one attached hydrogen (secondary N) is 1. The number of rotatable bonds is 7. The second-order valence-corrected chi connectivity index (χ2v) is 7.76. The van der Waals surface area contributed by atoms with Gasteiger partial charge >= 0.3 is 0 Å². The number of hydrogen-bond donors (Lipinski definition) is 1. The minimum absolute atomic E-state index is 0.0768. The SMILES string of the molecule is CCOc1ccc(/C=N\N2C(=O)c3ccccc3N[C@]2(C)c2cccc([N+](=O)[O-])c2)cc1OC. The molecule has 0 aromatic heterocycles. The van der Waals surface area contributed by atoms with Crippen LogP contribution in [0.4, 0.5) is 11.4 Å². The van der Waals surface area contributed by atoms with Crippen LogP contribution in [0.2, 0.25) is 0 Å². The van der Waals surface area contributed by atoms with Gasteiger partial charge in [0.2, 0.25) is 0 Å². The normalized spacial score (nSPS) is 17.3. The number of non-ortho nitro benzene ring substituents is 1. The lowest BCUT2D eigenvalue weighted by molar-refractivity contribution is -0.385. The molecule has 0 fully saturated rings. The summed E-state index contributed by atoms with van der Waals surface area (Å²) in [4.78, 5) is 24.4. The average molecular weight is 460 g/mol. The van der Waals surface area contributed by atoms with Crippen molar-refractivity contribution < 1.29 is 19.2 Å². The Balaban J connectivity index is 1.79. The van der Waals surface area contributed by atoms with Gasteiger partial charge in [-0.2, -0.15) is 10.1 Å². The predicted molar refractivity (Wildman–Crippen MR) is 128 cm³/mol. The highest BCUT2D eigenvalue weighted by atomic mass is 16.6. The van der Waals surface area contributed by atoms with E-state index in [1.54, 1.807) is 68.8 Å². The Morgan fingerprint density at radius 3 is 2.65 bits per heavy atom. The molecule has 0 saturated carbocycles. The third kappa shape index (κ3) is 4.15. The number of nitro groups is 1. The highest BCUT2D eigenvalue weighted by Crippen LogP contribution is 2.39. The topological polar surface area (TPSA) is 106 Å². The van der Waals surface area contributed by atoms with E-state index in [9.17, 15) is 14.9 Å². The third-order valence-corrected chi connectivity index (χ3v) is 5.58. The van der Waals surface area contributed by atoms with E-state index >= 15 is 0 Å². The molecule has 0 aliphatic carbocycles. The maximum Gasteiger partial charge on any atom is 0.278 e. The van der Waals surface area contributed by atoms with Crippen LogP contribution in [-0.4, -0.2) is 35.8 Å². The number of fused-ring (bicyclic) bond motifs is 1. The summed E-state index contributed by atoms with van der Waals surface area (Å²) in [6, 6.07) is 18.6. The fourth-order valence-electron chi connectivity index (χ4n) is 3.86. The molecule has 1 N–H and O–H groups in total. The quantitative estimate of drug-likeness (QED) is 0.309. The molecule has 0 saturated heterocycles. The van der Waals surface area contributed by atoms with Crippen molar-refractivity contribution in [3.8, 4) is 11.5 Å². The number of nitro benzene ring substituents is 1. The van der Waals surface area contributed by atoms with Crippen LogP contribution in [0.5, 0.6) is 11.5 Å². The van der Waals surface area contributed by atoms with E-state index in [4.69, 9.17) is 9.47 Å². The third-order valence-electron chi connectivity index (χ3n) is 5.58. The molecule has 174 valence electrons. The van der Waals surface area contributed by atoms with Gasteiger partial charge in [-0.15, -0.1) is 0 Å². The van der Waals surface area contributed by atoms with Crippen LogP contribution in [0.1, 0.15) is 35.3 Å². The summed E-state index contributed by atoms with van der Waals surface area (Å²) in [5.41, 5.74) is 1.03. The molecule has 1 aliphatic heterocycles. The molecule has 1 heterocycles. The number of benzene rings is 3. The lowest BCUT2D eigenvalue weighted by Gasteiger charge is -2.43. The summed E-state index contributed by atoms with van der Waals surface area (Å²) in [7, 11) is 1.55. The first-order valence-corrected chi connectivity index (χ1v) is 10.7. The first-order valence-electron chi connectivity index (χ1n) is 10.7. The fourth-order valence-corrected chi connectivity index (χ4v) is 3.86. The van der Waals surface area contributed by atoms with Gasteiger partial charge in [-0.25, -0.2) is 0 Å². The standard InChI is InChI=1S/C25H24N4O5/c1-4-34-22-13-12-17(14-23(22)33-3)16-26-28-24(30)20-10-5-6-11-21(20)27-25(28,2)18-8-7-9-19(15-18)29(31)32/h5-16,27H,4H2,1-3H3/b26-16-/t25-/m0/s1. The second-order valence-electron chi connectivity index (χ2n) is 7.76. The van der Waals surface area contributed by atoms with Crippen molar-refractivity contribution >= 4 is 23.5 Å². The lowest BCUT2D eigenvalue weighted by Crippen LogP contribution is -2.53. The Hall–Kier alpha value is -4.40. The molecular weight excluding hydrogens is 436 g/mol. The van der Waals surface area contributed by atoms with Crippen LogP contribution in [0.25, 0.3) is 0 Å². The van der Waals surface area contributed by atoms with Gasteiger partial charge in [0.1, 0.15) is 0 Å². The molecule has 9 nitrogen and oxygen atoms in total. The number of carbonyl (C=O) groups is 1. The Kier molecular flexibility index (Phi) is 6.18. The molecule has 3 aromatic rings. The molecular formula is C25H24N4O5. The lowest BCUT2D eigenvalue weighted by atomic mass is 9.95. The summed E-state index contributed by atoms with van der Waals surface area (Å²) in [5.74, 6) is 0.812.